The highest BCUT2D eigenvalue weighted by atomic mass is 28.3. The van der Waals surface area contributed by atoms with Gasteiger partial charge in [-0.15, -0.1) is 0 Å². The predicted molar refractivity (Wildman–Crippen MR) is 287 cm³/mol. The fraction of sp³-hybridized carbons (Fsp3) is 0.593. The van der Waals surface area contributed by atoms with E-state index in [1.165, 1.54) is 160 Å². The molecule has 4 aromatic carbocycles. The zero-order chi connectivity index (χ0) is 46.7. The molecule has 2 N–H and O–H groups in total. The van der Waals surface area contributed by atoms with Crippen LogP contribution in [-0.2, 0) is 38.1 Å². The van der Waals surface area contributed by atoms with Gasteiger partial charge in [0.1, 0.15) is 0 Å². The van der Waals surface area contributed by atoms with Crippen molar-refractivity contribution in [2.24, 2.45) is 9.98 Å². The molecular formula is C59H92N2O2Si. The minimum Gasteiger partial charge on any atom is -0.504 e. The number of rotatable bonds is 29. The highest BCUT2D eigenvalue weighted by Crippen LogP contribution is 2.35. The third-order valence-electron chi connectivity index (χ3n) is 12.6. The molecule has 0 aliphatic rings. The van der Waals surface area contributed by atoms with Crippen molar-refractivity contribution in [3.05, 3.63) is 94.0 Å². The number of aliphatic imine (C=N–C) groups is 2. The second kappa shape index (κ2) is 30.5. The molecule has 0 bridgehead atoms. The summed E-state index contributed by atoms with van der Waals surface area (Å²) in [6, 6.07) is 22.9. The smallest absolute Gasteiger partial charge is 0.158 e. The lowest BCUT2D eigenvalue weighted by molar-refractivity contribution is 0.405. The number of fused-ring (bicyclic) bond motifs is 1. The van der Waals surface area contributed by atoms with E-state index in [9.17, 15) is 10.2 Å². The number of aryl methyl sites for hydroxylation is 5. The minimum atomic E-state index is -1.23. The van der Waals surface area contributed by atoms with E-state index in [0.29, 0.717) is 0 Å². The summed E-state index contributed by atoms with van der Waals surface area (Å²) in [5.41, 5.74) is 13.2. The first-order valence-electron chi connectivity index (χ1n) is 26.3. The average Bonchev–Trinajstić information content (AvgIpc) is 3.27. The van der Waals surface area contributed by atoms with Crippen molar-refractivity contribution in [3.63, 3.8) is 0 Å². The zero-order valence-corrected chi connectivity index (χ0v) is 43.7. The first kappa shape index (κ1) is 54.6. The van der Waals surface area contributed by atoms with Gasteiger partial charge in [-0.3, -0.25) is 9.98 Å². The summed E-state index contributed by atoms with van der Waals surface area (Å²) in [4.78, 5) is 10.7. The molecule has 0 saturated carbocycles. The van der Waals surface area contributed by atoms with Crippen LogP contribution in [0.3, 0.4) is 0 Å². The zero-order valence-electron chi connectivity index (χ0n) is 42.7. The van der Waals surface area contributed by atoms with Crippen molar-refractivity contribution in [2.45, 2.75) is 228 Å². The van der Waals surface area contributed by atoms with E-state index in [2.05, 4.69) is 117 Å². The second-order valence-electron chi connectivity index (χ2n) is 19.8. The maximum Gasteiger partial charge on any atom is 0.158 e. The van der Waals surface area contributed by atoms with E-state index in [1.54, 1.807) is 12.1 Å². The maximum atomic E-state index is 9.82. The normalized spacial score (nSPS) is 12.2. The van der Waals surface area contributed by atoms with Gasteiger partial charge in [0.15, 0.2) is 11.5 Å². The molecule has 354 valence electrons. The van der Waals surface area contributed by atoms with Crippen molar-refractivity contribution < 1.29 is 10.2 Å². The van der Waals surface area contributed by atoms with E-state index < -0.39 is 8.07 Å². The highest BCUT2D eigenvalue weighted by molar-refractivity contribution is 6.75. The molecule has 4 aromatic rings. The molecule has 0 unspecified atom stereocenters. The van der Waals surface area contributed by atoms with Gasteiger partial charge in [-0.2, -0.15) is 0 Å². The standard InChI is InChI=1S/C42H68N2.C17H24O2Si/c1-7-13-18-19-20-21-22-23-28-42(44-40-32-30-36(25-15-9-3)38(34-40)27-17-11-5)41(12-6)43-39-31-29-35(24-14-8-2)37(33-39)26-16-10-4;1-5-6-12-7-8-13(11-20(2,3)4)15-10-17(19)16(18)9-14(12)15/h29-34H,7-28H2,1-6H3;7-10,18-19H,5-6,11H2,1-4H3. The molecule has 4 rings (SSSR count). The molecule has 0 saturated heterocycles. The van der Waals surface area contributed by atoms with Gasteiger partial charge in [0.25, 0.3) is 0 Å². The average molecular weight is 889 g/mol. The number of phenolic OH excluding ortho intramolecular Hbond substituents is 2. The topological polar surface area (TPSA) is 65.2 Å². The lowest BCUT2D eigenvalue weighted by Crippen LogP contribution is -2.24. The molecule has 0 aromatic heterocycles. The Morgan fingerprint density at radius 3 is 1.27 bits per heavy atom. The first-order chi connectivity index (χ1) is 30.9. The number of hydrogen-bond donors (Lipinski definition) is 2. The van der Waals surface area contributed by atoms with Crippen molar-refractivity contribution in [3.8, 4) is 11.5 Å². The molecule has 4 nitrogen and oxygen atoms in total. The number of hydrogen-bond acceptors (Lipinski definition) is 4. The Kier molecular flexibility index (Phi) is 26.0. The number of aromatic hydroxyl groups is 2. The predicted octanol–water partition coefficient (Wildman–Crippen LogP) is 18.5. The minimum absolute atomic E-state index is 0.0250. The summed E-state index contributed by atoms with van der Waals surface area (Å²) in [6.07, 6.45) is 29.3. The van der Waals surface area contributed by atoms with Crippen LogP contribution in [0.25, 0.3) is 10.8 Å². The molecule has 0 amide bonds. The summed E-state index contributed by atoms with van der Waals surface area (Å²) in [7, 11) is -1.23. The van der Waals surface area contributed by atoms with Crippen molar-refractivity contribution in [1.29, 1.82) is 0 Å². The quantitative estimate of drug-likeness (QED) is 0.0247. The van der Waals surface area contributed by atoms with Gasteiger partial charge < -0.3 is 10.2 Å². The van der Waals surface area contributed by atoms with Gasteiger partial charge in [0, 0.05) is 8.07 Å². The molecule has 0 aliphatic carbocycles. The van der Waals surface area contributed by atoms with Crippen LogP contribution >= 0.6 is 0 Å². The third-order valence-corrected chi connectivity index (χ3v) is 14.0. The lowest BCUT2D eigenvalue weighted by Gasteiger charge is -2.19. The van der Waals surface area contributed by atoms with E-state index in [1.807, 2.05) is 0 Å². The van der Waals surface area contributed by atoms with Gasteiger partial charge in [-0.1, -0.05) is 169 Å². The van der Waals surface area contributed by atoms with Crippen LogP contribution in [0.15, 0.2) is 70.6 Å². The molecule has 0 radical (unpaired) electrons. The van der Waals surface area contributed by atoms with Crippen LogP contribution in [0, 0.1) is 0 Å². The lowest BCUT2D eigenvalue weighted by atomic mass is 9.97. The fourth-order valence-electron chi connectivity index (χ4n) is 8.84. The van der Waals surface area contributed by atoms with Crippen LogP contribution in [-0.4, -0.2) is 29.7 Å². The van der Waals surface area contributed by atoms with Crippen LogP contribution < -0.4 is 0 Å². The Hall–Kier alpha value is -3.70. The summed E-state index contributed by atoms with van der Waals surface area (Å²) >= 11 is 0. The van der Waals surface area contributed by atoms with Gasteiger partial charge >= 0.3 is 0 Å². The van der Waals surface area contributed by atoms with Gasteiger partial charge in [0.05, 0.1) is 22.8 Å². The van der Waals surface area contributed by atoms with Gasteiger partial charge in [0.2, 0.25) is 0 Å². The maximum absolute atomic E-state index is 9.82. The summed E-state index contributed by atoms with van der Waals surface area (Å²) in [5, 5.41) is 21.8. The Morgan fingerprint density at radius 1 is 0.406 bits per heavy atom. The molecule has 0 atom stereocenters. The van der Waals surface area contributed by atoms with E-state index in [-0.39, 0.29) is 11.5 Å². The first-order valence-corrected chi connectivity index (χ1v) is 30.0. The number of phenols is 2. The number of benzene rings is 4. The van der Waals surface area contributed by atoms with Crippen molar-refractivity contribution in [1.82, 2.24) is 0 Å². The molecule has 0 aliphatic heterocycles. The molecule has 64 heavy (non-hydrogen) atoms. The summed E-state index contributed by atoms with van der Waals surface area (Å²) < 4.78 is 0. The molecule has 0 heterocycles. The monoisotopic (exact) mass is 889 g/mol. The molecule has 0 spiro atoms. The Bertz CT molecular complexity index is 2000. The van der Waals surface area contributed by atoms with Crippen LogP contribution in [0.4, 0.5) is 11.4 Å². The number of nitrogens with zero attached hydrogens (tertiary/aromatic N) is 2. The number of unbranched alkanes of at least 4 members (excludes halogenated alkanes) is 11. The third kappa shape index (κ3) is 19.4. The fourth-order valence-corrected chi connectivity index (χ4v) is 10.3. The highest BCUT2D eigenvalue weighted by Gasteiger charge is 2.18. The van der Waals surface area contributed by atoms with E-state index in [0.717, 1.165) is 66.7 Å². The Balaban J connectivity index is 0.000000450. The Morgan fingerprint density at radius 2 is 0.812 bits per heavy atom. The van der Waals surface area contributed by atoms with Crippen molar-refractivity contribution in [2.75, 3.05) is 0 Å². The molecule has 0 fully saturated rings. The largest absolute Gasteiger partial charge is 0.504 e. The van der Waals surface area contributed by atoms with Gasteiger partial charge in [-0.25, -0.2) is 0 Å². The second-order valence-corrected chi connectivity index (χ2v) is 25.2. The van der Waals surface area contributed by atoms with Gasteiger partial charge in [-0.05, 0) is 164 Å². The van der Waals surface area contributed by atoms with E-state index >= 15 is 0 Å². The van der Waals surface area contributed by atoms with E-state index in [4.69, 9.17) is 9.98 Å². The SMILES string of the molecule is CCCCCCCCCCC(=Nc1ccc(CCCC)c(CCCC)c1)C(CC)=Nc1ccc(CCCC)c(CCCC)c1.CCCc1ccc(C[Si](C)(C)C)c2cc(O)c(O)cc12. The molecule has 5 heteroatoms. The molecular weight excluding hydrogens is 797 g/mol. The van der Waals surface area contributed by atoms with Crippen LogP contribution in [0.5, 0.6) is 11.5 Å². The van der Waals surface area contributed by atoms with Crippen LogP contribution in [0.2, 0.25) is 19.6 Å². The van der Waals surface area contributed by atoms with Crippen LogP contribution in [0.1, 0.15) is 204 Å². The summed E-state index contributed by atoms with van der Waals surface area (Å²) in [5.74, 6) is -0.0528. The Labute approximate surface area is 393 Å². The van der Waals surface area contributed by atoms with Crippen molar-refractivity contribution >= 4 is 41.6 Å². The summed E-state index contributed by atoms with van der Waals surface area (Å²) in [6.45, 7) is 22.9.